The molecule has 0 fully saturated rings. The van der Waals surface area contributed by atoms with Gasteiger partial charge in [0.05, 0.1) is 5.02 Å². The van der Waals surface area contributed by atoms with Crippen LogP contribution in [0.1, 0.15) is 23.1 Å². The first-order valence-corrected chi connectivity index (χ1v) is 10.7. The van der Waals surface area contributed by atoms with Gasteiger partial charge in [0.25, 0.3) is 5.91 Å². The molecule has 158 valence electrons. The summed E-state index contributed by atoms with van der Waals surface area (Å²) in [6.07, 6.45) is 5.19. The van der Waals surface area contributed by atoms with Gasteiger partial charge in [0.1, 0.15) is 11.3 Å². The number of para-hydroxylation sites is 1. The lowest BCUT2D eigenvalue weighted by Crippen LogP contribution is -2.30. The summed E-state index contributed by atoms with van der Waals surface area (Å²) in [5.41, 5.74) is 4.11. The minimum Gasteiger partial charge on any atom is -0.482 e. The number of aromatic nitrogens is 1. The Morgan fingerprint density at radius 1 is 1.16 bits per heavy atom. The molecule has 6 nitrogen and oxygen atoms in total. The summed E-state index contributed by atoms with van der Waals surface area (Å²) < 4.78 is 11.1. The van der Waals surface area contributed by atoms with E-state index in [0.717, 1.165) is 52.2 Å². The number of hydrogen-bond donors (Lipinski definition) is 2. The van der Waals surface area contributed by atoms with Gasteiger partial charge in [0.15, 0.2) is 6.61 Å². The van der Waals surface area contributed by atoms with E-state index >= 15 is 0 Å². The molecule has 0 aliphatic heterocycles. The number of benzene rings is 2. The van der Waals surface area contributed by atoms with Crippen molar-refractivity contribution in [2.45, 2.75) is 25.7 Å². The lowest BCUT2D eigenvalue weighted by molar-refractivity contribution is -0.123. The Morgan fingerprint density at radius 3 is 2.90 bits per heavy atom. The van der Waals surface area contributed by atoms with Gasteiger partial charge in [0.2, 0.25) is 0 Å². The van der Waals surface area contributed by atoms with Crippen molar-refractivity contribution in [2.75, 3.05) is 13.2 Å². The van der Waals surface area contributed by atoms with Gasteiger partial charge in [-0.3, -0.25) is 4.79 Å². The first kappa shape index (κ1) is 19.7. The van der Waals surface area contributed by atoms with Crippen LogP contribution in [-0.2, 0) is 24.1 Å². The minimum absolute atomic E-state index is 0.172. The van der Waals surface area contributed by atoms with Crippen LogP contribution in [0.25, 0.3) is 21.9 Å². The number of rotatable bonds is 6. The third kappa shape index (κ3) is 3.79. The number of amides is 1. The van der Waals surface area contributed by atoms with Crippen LogP contribution in [-0.4, -0.2) is 24.0 Å². The predicted molar refractivity (Wildman–Crippen MR) is 120 cm³/mol. The maximum Gasteiger partial charge on any atom is 0.339 e. The van der Waals surface area contributed by atoms with E-state index in [1.807, 2.05) is 24.4 Å². The van der Waals surface area contributed by atoms with E-state index in [-0.39, 0.29) is 18.1 Å². The van der Waals surface area contributed by atoms with E-state index in [0.29, 0.717) is 29.3 Å². The number of nitrogens with one attached hydrogen (secondary N) is 2. The van der Waals surface area contributed by atoms with Crippen molar-refractivity contribution >= 4 is 39.4 Å². The topological polar surface area (TPSA) is 84.3 Å². The molecule has 31 heavy (non-hydrogen) atoms. The molecule has 1 aliphatic carbocycles. The quantitative estimate of drug-likeness (QED) is 0.444. The molecule has 1 amide bonds. The standard InChI is InChI=1S/C24H21ClN2O4/c25-19-10-18-16-5-3-6-17(16)24(29)31-21(18)11-22(19)30-13-23(28)26-9-8-14-12-27-20-7-2-1-4-15(14)20/h1-2,4,7,10-12,27H,3,5-6,8-9,13H2,(H,26,28). The van der Waals surface area contributed by atoms with E-state index in [9.17, 15) is 9.59 Å². The number of H-pyrrole nitrogens is 1. The van der Waals surface area contributed by atoms with Gasteiger partial charge >= 0.3 is 5.63 Å². The molecule has 2 N–H and O–H groups in total. The zero-order valence-electron chi connectivity index (χ0n) is 16.8. The van der Waals surface area contributed by atoms with E-state index in [1.165, 1.54) is 0 Å². The molecule has 5 rings (SSSR count). The van der Waals surface area contributed by atoms with Crippen molar-refractivity contribution in [3.05, 3.63) is 74.7 Å². The number of aryl methyl sites for hydroxylation is 1. The van der Waals surface area contributed by atoms with Gasteiger partial charge in [-0.15, -0.1) is 0 Å². The number of carbonyl (C=O) groups is 1. The van der Waals surface area contributed by atoms with Crippen molar-refractivity contribution in [3.8, 4) is 5.75 Å². The number of fused-ring (bicyclic) bond motifs is 4. The van der Waals surface area contributed by atoms with Crippen LogP contribution in [0.3, 0.4) is 0 Å². The average molecular weight is 437 g/mol. The third-order valence-electron chi connectivity index (χ3n) is 5.78. The molecule has 1 aliphatic rings. The molecule has 7 heteroatoms. The number of carbonyl (C=O) groups excluding carboxylic acids is 1. The summed E-state index contributed by atoms with van der Waals surface area (Å²) >= 11 is 6.38. The maximum atomic E-state index is 12.2. The molecule has 0 bridgehead atoms. The minimum atomic E-state index is -0.303. The fraction of sp³-hybridized carbons (Fsp3) is 0.250. The second-order valence-electron chi connectivity index (χ2n) is 7.73. The monoisotopic (exact) mass is 436 g/mol. The highest BCUT2D eigenvalue weighted by atomic mass is 35.5. The van der Waals surface area contributed by atoms with Crippen LogP contribution >= 0.6 is 11.6 Å². The highest BCUT2D eigenvalue weighted by molar-refractivity contribution is 6.32. The largest absolute Gasteiger partial charge is 0.482 e. The van der Waals surface area contributed by atoms with Gasteiger partial charge in [-0.25, -0.2) is 4.79 Å². The maximum absolute atomic E-state index is 12.2. The Morgan fingerprint density at radius 2 is 2.00 bits per heavy atom. The van der Waals surface area contributed by atoms with Crippen LogP contribution < -0.4 is 15.7 Å². The van der Waals surface area contributed by atoms with Gasteiger partial charge in [-0.05, 0) is 48.9 Å². The van der Waals surface area contributed by atoms with Crippen molar-refractivity contribution in [3.63, 3.8) is 0 Å². The van der Waals surface area contributed by atoms with Gasteiger partial charge in [0, 0.05) is 40.7 Å². The fourth-order valence-electron chi connectivity index (χ4n) is 4.26. The number of hydrogen-bond acceptors (Lipinski definition) is 4. The van der Waals surface area contributed by atoms with E-state index < -0.39 is 0 Å². The molecule has 0 atom stereocenters. The Labute approximate surface area is 183 Å². The average Bonchev–Trinajstić information content (AvgIpc) is 3.41. The van der Waals surface area contributed by atoms with Crippen molar-refractivity contribution in [2.24, 2.45) is 0 Å². The second kappa shape index (κ2) is 8.12. The predicted octanol–water partition coefficient (Wildman–Crippen LogP) is 4.15. The van der Waals surface area contributed by atoms with E-state index in [2.05, 4.69) is 16.4 Å². The molecule has 4 aromatic rings. The van der Waals surface area contributed by atoms with Crippen LogP contribution in [0.5, 0.6) is 5.75 Å². The Kier molecular flexibility index (Phi) is 5.16. The highest BCUT2D eigenvalue weighted by Crippen LogP contribution is 2.34. The molecule has 2 aromatic carbocycles. The van der Waals surface area contributed by atoms with Crippen LogP contribution in [0.2, 0.25) is 5.02 Å². The van der Waals surface area contributed by atoms with Gasteiger partial charge in [-0.1, -0.05) is 29.8 Å². The normalized spacial score (nSPS) is 12.9. The lowest BCUT2D eigenvalue weighted by atomic mass is 10.1. The summed E-state index contributed by atoms with van der Waals surface area (Å²) in [7, 11) is 0. The molecular formula is C24H21ClN2O4. The molecule has 2 aromatic heterocycles. The summed E-state index contributed by atoms with van der Waals surface area (Å²) in [6.45, 7) is 0.324. The Hall–Kier alpha value is -3.25. The van der Waals surface area contributed by atoms with Crippen molar-refractivity contribution in [1.82, 2.24) is 10.3 Å². The summed E-state index contributed by atoms with van der Waals surface area (Å²) in [5, 5.41) is 5.25. The fourth-order valence-corrected chi connectivity index (χ4v) is 4.48. The molecular weight excluding hydrogens is 416 g/mol. The zero-order valence-corrected chi connectivity index (χ0v) is 17.6. The van der Waals surface area contributed by atoms with Crippen LogP contribution in [0.15, 0.2) is 51.8 Å². The van der Waals surface area contributed by atoms with Gasteiger partial charge in [-0.2, -0.15) is 0 Å². The zero-order chi connectivity index (χ0) is 21.4. The SMILES string of the molecule is O=C(COc1cc2oc(=O)c3c(c2cc1Cl)CCC3)NCCc1c[nH]c2ccccc12. The number of aromatic amines is 1. The first-order valence-electron chi connectivity index (χ1n) is 10.3. The third-order valence-corrected chi connectivity index (χ3v) is 6.07. The summed E-state index contributed by atoms with van der Waals surface area (Å²) in [6, 6.07) is 11.4. The summed E-state index contributed by atoms with van der Waals surface area (Å²) in [4.78, 5) is 27.6. The van der Waals surface area contributed by atoms with Crippen LogP contribution in [0, 0.1) is 0 Å². The number of ether oxygens (including phenoxy) is 1. The molecule has 0 saturated heterocycles. The van der Waals surface area contributed by atoms with Crippen molar-refractivity contribution < 1.29 is 13.9 Å². The Bertz CT molecular complexity index is 1360. The number of halogens is 1. The molecule has 0 spiro atoms. The summed E-state index contributed by atoms with van der Waals surface area (Å²) in [5.74, 6) is 0.0773. The molecule has 0 unspecified atom stereocenters. The van der Waals surface area contributed by atoms with E-state index in [1.54, 1.807) is 12.1 Å². The molecule has 2 heterocycles. The highest BCUT2D eigenvalue weighted by Gasteiger charge is 2.21. The van der Waals surface area contributed by atoms with Crippen molar-refractivity contribution in [1.29, 1.82) is 0 Å². The second-order valence-corrected chi connectivity index (χ2v) is 8.13. The Balaban J connectivity index is 1.22. The van der Waals surface area contributed by atoms with Gasteiger partial charge < -0.3 is 19.5 Å². The van der Waals surface area contributed by atoms with Crippen LogP contribution in [0.4, 0.5) is 0 Å². The smallest absolute Gasteiger partial charge is 0.339 e. The van der Waals surface area contributed by atoms with E-state index in [4.69, 9.17) is 20.8 Å². The molecule has 0 radical (unpaired) electrons. The lowest BCUT2D eigenvalue weighted by Gasteiger charge is -2.11. The molecule has 0 saturated carbocycles. The first-order chi connectivity index (χ1) is 15.1.